The first kappa shape index (κ1) is 21.0. The standard InChI is InChI=1S/C20H24N2O6/c1-3-26-12-13-27-17-6-4-15(5-7-17)20(24)22-21-19(23)14-28-18-10-8-16(25-2)9-11-18/h4-11H,3,12-14H2,1-2H3,(H,21,23)(H,22,24). The molecule has 0 saturated heterocycles. The number of rotatable bonds is 10. The Morgan fingerprint density at radius 3 is 2.07 bits per heavy atom. The number of amides is 2. The fraction of sp³-hybridized carbons (Fsp3) is 0.300. The highest BCUT2D eigenvalue weighted by atomic mass is 16.5. The van der Waals surface area contributed by atoms with Crippen molar-refractivity contribution in [2.75, 3.05) is 33.5 Å². The van der Waals surface area contributed by atoms with E-state index >= 15 is 0 Å². The molecule has 8 heteroatoms. The van der Waals surface area contributed by atoms with Crippen LogP contribution in [0.25, 0.3) is 0 Å². The van der Waals surface area contributed by atoms with E-state index in [2.05, 4.69) is 10.9 Å². The third-order valence-corrected chi connectivity index (χ3v) is 3.56. The van der Waals surface area contributed by atoms with Gasteiger partial charge in [-0.3, -0.25) is 20.4 Å². The van der Waals surface area contributed by atoms with Crippen LogP contribution in [0.2, 0.25) is 0 Å². The van der Waals surface area contributed by atoms with Gasteiger partial charge in [-0.05, 0) is 55.5 Å². The molecule has 0 spiro atoms. The fourth-order valence-electron chi connectivity index (χ4n) is 2.12. The number of hydrogen-bond donors (Lipinski definition) is 2. The first-order valence-electron chi connectivity index (χ1n) is 8.79. The number of carbonyl (C=O) groups excluding carboxylic acids is 2. The van der Waals surface area contributed by atoms with Crippen LogP contribution in [0.15, 0.2) is 48.5 Å². The average Bonchev–Trinajstić information content (AvgIpc) is 2.74. The maximum absolute atomic E-state index is 12.1. The molecule has 2 N–H and O–H groups in total. The summed E-state index contributed by atoms with van der Waals surface area (Å²) in [6.07, 6.45) is 0. The van der Waals surface area contributed by atoms with Crippen molar-refractivity contribution in [3.8, 4) is 17.2 Å². The summed E-state index contributed by atoms with van der Waals surface area (Å²) in [4.78, 5) is 23.9. The van der Waals surface area contributed by atoms with E-state index in [0.29, 0.717) is 42.6 Å². The third kappa shape index (κ3) is 7.16. The van der Waals surface area contributed by atoms with Gasteiger partial charge in [0, 0.05) is 12.2 Å². The first-order valence-corrected chi connectivity index (χ1v) is 8.79. The lowest BCUT2D eigenvalue weighted by molar-refractivity contribution is -0.123. The van der Waals surface area contributed by atoms with E-state index in [9.17, 15) is 9.59 Å². The first-order chi connectivity index (χ1) is 13.6. The zero-order chi connectivity index (χ0) is 20.2. The second-order valence-electron chi connectivity index (χ2n) is 5.54. The zero-order valence-corrected chi connectivity index (χ0v) is 15.9. The highest BCUT2D eigenvalue weighted by molar-refractivity contribution is 5.95. The van der Waals surface area contributed by atoms with Crippen LogP contribution in [0.3, 0.4) is 0 Å². The molecule has 0 saturated carbocycles. The molecular formula is C20H24N2O6. The van der Waals surface area contributed by atoms with Gasteiger partial charge in [0.25, 0.3) is 11.8 Å². The van der Waals surface area contributed by atoms with Crippen LogP contribution in [0, 0.1) is 0 Å². The van der Waals surface area contributed by atoms with Gasteiger partial charge in [0.1, 0.15) is 23.9 Å². The maximum Gasteiger partial charge on any atom is 0.276 e. The molecule has 0 radical (unpaired) electrons. The van der Waals surface area contributed by atoms with E-state index in [-0.39, 0.29) is 6.61 Å². The molecule has 0 atom stereocenters. The molecule has 0 bridgehead atoms. The summed E-state index contributed by atoms with van der Waals surface area (Å²) in [5.74, 6) is 0.906. The number of methoxy groups -OCH3 is 1. The Kier molecular flexibility index (Phi) is 8.61. The number of hydrazine groups is 1. The van der Waals surface area contributed by atoms with Crippen LogP contribution in [0.5, 0.6) is 17.2 Å². The van der Waals surface area contributed by atoms with Gasteiger partial charge in [-0.25, -0.2) is 0 Å². The highest BCUT2D eigenvalue weighted by Crippen LogP contribution is 2.16. The van der Waals surface area contributed by atoms with E-state index in [4.69, 9.17) is 18.9 Å². The molecule has 0 aliphatic rings. The van der Waals surface area contributed by atoms with Crippen molar-refractivity contribution in [1.82, 2.24) is 10.9 Å². The normalized spacial score (nSPS) is 10.1. The molecule has 2 aromatic carbocycles. The molecule has 0 fully saturated rings. The summed E-state index contributed by atoms with van der Waals surface area (Å²) in [5.41, 5.74) is 5.02. The lowest BCUT2D eigenvalue weighted by Gasteiger charge is -2.10. The molecule has 2 rings (SSSR count). The summed E-state index contributed by atoms with van der Waals surface area (Å²) in [6, 6.07) is 13.4. The molecule has 150 valence electrons. The van der Waals surface area contributed by atoms with Crippen LogP contribution < -0.4 is 25.1 Å². The van der Waals surface area contributed by atoms with E-state index < -0.39 is 11.8 Å². The maximum atomic E-state index is 12.1. The van der Waals surface area contributed by atoms with Crippen LogP contribution in [0.4, 0.5) is 0 Å². The van der Waals surface area contributed by atoms with Crippen molar-refractivity contribution >= 4 is 11.8 Å². The molecule has 2 aromatic rings. The lowest BCUT2D eigenvalue weighted by atomic mass is 10.2. The van der Waals surface area contributed by atoms with Crippen LogP contribution in [0.1, 0.15) is 17.3 Å². The van der Waals surface area contributed by atoms with Crippen molar-refractivity contribution in [2.45, 2.75) is 6.92 Å². The Hall–Kier alpha value is -3.26. The predicted octanol–water partition coefficient (Wildman–Crippen LogP) is 1.95. The van der Waals surface area contributed by atoms with Gasteiger partial charge in [0.05, 0.1) is 13.7 Å². The van der Waals surface area contributed by atoms with Gasteiger partial charge in [0.2, 0.25) is 0 Å². The summed E-state index contributed by atoms with van der Waals surface area (Å²) in [6.45, 7) is 3.25. The molecule has 0 heterocycles. The Morgan fingerprint density at radius 2 is 1.43 bits per heavy atom. The summed E-state index contributed by atoms with van der Waals surface area (Å²) in [7, 11) is 1.56. The lowest BCUT2D eigenvalue weighted by Crippen LogP contribution is -2.43. The van der Waals surface area contributed by atoms with Crippen molar-refractivity contribution in [3.05, 3.63) is 54.1 Å². The average molecular weight is 388 g/mol. The largest absolute Gasteiger partial charge is 0.497 e. The van der Waals surface area contributed by atoms with E-state index in [1.54, 1.807) is 55.6 Å². The Bertz CT molecular complexity index is 746. The van der Waals surface area contributed by atoms with Gasteiger partial charge in [-0.1, -0.05) is 0 Å². The quantitative estimate of drug-likeness (QED) is 0.477. The highest BCUT2D eigenvalue weighted by Gasteiger charge is 2.08. The molecule has 8 nitrogen and oxygen atoms in total. The van der Waals surface area contributed by atoms with Crippen molar-refractivity contribution in [3.63, 3.8) is 0 Å². The number of ether oxygens (including phenoxy) is 4. The Labute approximate surface area is 163 Å². The van der Waals surface area contributed by atoms with E-state index in [1.807, 2.05) is 6.92 Å². The number of hydrogen-bond acceptors (Lipinski definition) is 6. The molecule has 0 unspecified atom stereocenters. The third-order valence-electron chi connectivity index (χ3n) is 3.56. The van der Waals surface area contributed by atoms with E-state index in [0.717, 1.165) is 0 Å². The van der Waals surface area contributed by atoms with Crippen LogP contribution >= 0.6 is 0 Å². The zero-order valence-electron chi connectivity index (χ0n) is 15.9. The SMILES string of the molecule is CCOCCOc1ccc(C(=O)NNC(=O)COc2ccc(OC)cc2)cc1. The summed E-state index contributed by atoms with van der Waals surface area (Å²) >= 11 is 0. The Balaban J connectivity index is 1.70. The number of nitrogens with one attached hydrogen (secondary N) is 2. The molecule has 0 aliphatic heterocycles. The van der Waals surface area contributed by atoms with E-state index in [1.165, 1.54) is 0 Å². The summed E-state index contributed by atoms with van der Waals surface area (Å²) < 4.78 is 21.0. The molecule has 0 aliphatic carbocycles. The molecular weight excluding hydrogens is 364 g/mol. The van der Waals surface area contributed by atoms with Crippen molar-refractivity contribution in [2.24, 2.45) is 0 Å². The minimum Gasteiger partial charge on any atom is -0.497 e. The number of benzene rings is 2. The van der Waals surface area contributed by atoms with Crippen molar-refractivity contribution in [1.29, 1.82) is 0 Å². The van der Waals surface area contributed by atoms with Gasteiger partial charge in [-0.2, -0.15) is 0 Å². The van der Waals surface area contributed by atoms with Gasteiger partial charge in [0.15, 0.2) is 6.61 Å². The van der Waals surface area contributed by atoms with Gasteiger partial charge >= 0.3 is 0 Å². The fourth-order valence-corrected chi connectivity index (χ4v) is 2.12. The second kappa shape index (κ2) is 11.5. The van der Waals surface area contributed by atoms with Crippen LogP contribution in [-0.2, 0) is 9.53 Å². The van der Waals surface area contributed by atoms with Crippen LogP contribution in [-0.4, -0.2) is 45.4 Å². The molecule has 0 aromatic heterocycles. The Morgan fingerprint density at radius 1 is 0.821 bits per heavy atom. The molecule has 28 heavy (non-hydrogen) atoms. The summed E-state index contributed by atoms with van der Waals surface area (Å²) in [5, 5.41) is 0. The molecule has 2 amide bonds. The van der Waals surface area contributed by atoms with Crippen molar-refractivity contribution < 1.29 is 28.5 Å². The topological polar surface area (TPSA) is 95.1 Å². The number of carbonyl (C=O) groups is 2. The predicted molar refractivity (Wildman–Crippen MR) is 103 cm³/mol. The smallest absolute Gasteiger partial charge is 0.276 e. The second-order valence-corrected chi connectivity index (χ2v) is 5.54. The van der Waals surface area contributed by atoms with Gasteiger partial charge < -0.3 is 18.9 Å². The van der Waals surface area contributed by atoms with Gasteiger partial charge in [-0.15, -0.1) is 0 Å². The monoisotopic (exact) mass is 388 g/mol. The minimum absolute atomic E-state index is 0.237. The minimum atomic E-state index is -0.486.